The van der Waals surface area contributed by atoms with Gasteiger partial charge in [0.1, 0.15) is 0 Å². The van der Waals surface area contributed by atoms with Crippen molar-refractivity contribution < 1.29 is 14.4 Å². The van der Waals surface area contributed by atoms with Gasteiger partial charge in [0.15, 0.2) is 0 Å². The lowest BCUT2D eigenvalue weighted by Crippen LogP contribution is -2.30. The zero-order valence-corrected chi connectivity index (χ0v) is 9.16. The van der Waals surface area contributed by atoms with Gasteiger partial charge in [-0.3, -0.25) is 4.79 Å². The van der Waals surface area contributed by atoms with Gasteiger partial charge in [0.05, 0.1) is 0 Å². The molecule has 0 aromatic heterocycles. The number of carbonyl (C=O) groups excluding carboxylic acids is 2. The van der Waals surface area contributed by atoms with Gasteiger partial charge in [-0.05, 0) is 12.8 Å². The molecule has 0 radical (unpaired) electrons. The normalized spacial score (nSPS) is 9.79. The molecule has 0 N–H and O–H groups in total. The lowest BCUT2D eigenvalue weighted by Gasteiger charge is -2.16. The van der Waals surface area contributed by atoms with Crippen molar-refractivity contribution in [2.24, 2.45) is 5.92 Å². The second-order valence-electron chi connectivity index (χ2n) is 3.65. The molecule has 0 aromatic carbocycles. The predicted octanol–water partition coefficient (Wildman–Crippen LogP) is 1.53. The van der Waals surface area contributed by atoms with E-state index < -0.39 is 5.97 Å². The Morgan fingerprint density at radius 2 is 1.93 bits per heavy atom. The van der Waals surface area contributed by atoms with E-state index in [0.717, 1.165) is 5.06 Å². The van der Waals surface area contributed by atoms with Crippen LogP contribution >= 0.6 is 0 Å². The quantitative estimate of drug-likeness (QED) is 0.511. The zero-order chi connectivity index (χ0) is 11.3. The van der Waals surface area contributed by atoms with Crippen molar-refractivity contribution >= 4 is 11.9 Å². The predicted molar refractivity (Wildman–Crippen MR) is 53.1 cm³/mol. The maximum absolute atomic E-state index is 11.3. The molecule has 4 nitrogen and oxygen atoms in total. The van der Waals surface area contributed by atoms with Gasteiger partial charge in [0.2, 0.25) is 0 Å². The van der Waals surface area contributed by atoms with Crippen molar-refractivity contribution in [1.82, 2.24) is 5.06 Å². The molecule has 0 aliphatic carbocycles. The molecule has 0 unspecified atom stereocenters. The van der Waals surface area contributed by atoms with Crippen molar-refractivity contribution in [1.29, 1.82) is 0 Å². The molecule has 0 heterocycles. The topological polar surface area (TPSA) is 46.6 Å². The Kier molecular flexibility index (Phi) is 4.91. The van der Waals surface area contributed by atoms with E-state index in [-0.39, 0.29) is 17.4 Å². The Morgan fingerprint density at radius 3 is 2.29 bits per heavy atom. The van der Waals surface area contributed by atoms with Crippen LogP contribution in [0.2, 0.25) is 0 Å². The lowest BCUT2D eigenvalue weighted by atomic mass is 10.1. The zero-order valence-electron chi connectivity index (χ0n) is 9.16. The van der Waals surface area contributed by atoms with Crippen LogP contribution in [0.15, 0.2) is 12.2 Å². The van der Waals surface area contributed by atoms with Gasteiger partial charge in [0.25, 0.3) is 5.91 Å². The first kappa shape index (κ1) is 12.7. The maximum Gasteiger partial charge on any atom is 0.358 e. The number of hydroxylamine groups is 2. The summed E-state index contributed by atoms with van der Waals surface area (Å²) < 4.78 is 0. The Balaban J connectivity index is 4.08. The number of nitrogens with zero attached hydrogens (tertiary/aromatic N) is 1. The standard InChI is InChI=1S/C10H17NO3/c1-7(2)6-9(12)11(5)14-10(13)8(3)4/h7H,3,6H2,1-2,4-5H3. The Hall–Kier alpha value is -1.32. The highest BCUT2D eigenvalue weighted by Crippen LogP contribution is 2.04. The molecular formula is C10H17NO3. The fourth-order valence-corrected chi connectivity index (χ4v) is 0.731. The minimum Gasteiger partial charge on any atom is -0.333 e. The van der Waals surface area contributed by atoms with Gasteiger partial charge in [-0.1, -0.05) is 20.4 Å². The number of carbonyl (C=O) groups is 2. The van der Waals surface area contributed by atoms with Crippen LogP contribution in [0.4, 0.5) is 0 Å². The molecule has 0 aromatic rings. The van der Waals surface area contributed by atoms with E-state index in [1.54, 1.807) is 0 Å². The summed E-state index contributed by atoms with van der Waals surface area (Å²) in [5.74, 6) is -0.548. The molecule has 0 fully saturated rings. The summed E-state index contributed by atoms with van der Waals surface area (Å²) in [6.07, 6.45) is 0.361. The molecule has 4 heteroatoms. The molecule has 0 saturated carbocycles. The van der Waals surface area contributed by atoms with Crippen LogP contribution < -0.4 is 0 Å². The highest BCUT2D eigenvalue weighted by Gasteiger charge is 2.15. The van der Waals surface area contributed by atoms with Crippen LogP contribution in [-0.4, -0.2) is 24.0 Å². The van der Waals surface area contributed by atoms with Gasteiger partial charge in [-0.15, -0.1) is 0 Å². The average Bonchev–Trinajstić information content (AvgIpc) is 2.02. The van der Waals surface area contributed by atoms with E-state index in [0.29, 0.717) is 6.42 Å². The minimum absolute atomic E-state index is 0.213. The Labute approximate surface area is 84.5 Å². The van der Waals surface area contributed by atoms with E-state index in [1.807, 2.05) is 13.8 Å². The fourth-order valence-electron chi connectivity index (χ4n) is 0.731. The smallest absolute Gasteiger partial charge is 0.333 e. The lowest BCUT2D eigenvalue weighted by molar-refractivity contribution is -0.189. The van der Waals surface area contributed by atoms with Crippen LogP contribution in [-0.2, 0) is 14.4 Å². The summed E-state index contributed by atoms with van der Waals surface area (Å²) in [5, 5.41) is 0.955. The number of rotatable bonds is 3. The average molecular weight is 199 g/mol. The minimum atomic E-state index is -0.579. The first-order valence-electron chi connectivity index (χ1n) is 4.49. The SMILES string of the molecule is C=C(C)C(=O)ON(C)C(=O)CC(C)C. The summed E-state index contributed by atoms with van der Waals surface area (Å²) in [4.78, 5) is 27.1. The van der Waals surface area contributed by atoms with Gasteiger partial charge in [-0.2, -0.15) is 5.06 Å². The molecule has 0 spiro atoms. The molecule has 0 rings (SSSR count). The maximum atomic E-state index is 11.3. The van der Waals surface area contributed by atoms with Gasteiger partial charge < -0.3 is 4.84 Å². The van der Waals surface area contributed by atoms with E-state index in [9.17, 15) is 9.59 Å². The molecule has 14 heavy (non-hydrogen) atoms. The summed E-state index contributed by atoms with van der Waals surface area (Å²) in [7, 11) is 1.42. The third-order valence-electron chi connectivity index (χ3n) is 1.50. The van der Waals surface area contributed by atoms with Crippen molar-refractivity contribution in [2.75, 3.05) is 7.05 Å². The summed E-state index contributed by atoms with van der Waals surface area (Å²) in [5.41, 5.74) is 0.272. The number of amides is 1. The summed E-state index contributed by atoms with van der Waals surface area (Å²) in [6.45, 7) is 8.79. The first-order valence-corrected chi connectivity index (χ1v) is 4.49. The van der Waals surface area contributed by atoms with E-state index in [2.05, 4.69) is 6.58 Å². The Morgan fingerprint density at radius 1 is 1.43 bits per heavy atom. The first-order chi connectivity index (χ1) is 6.34. The molecule has 0 aliphatic rings. The molecule has 0 atom stereocenters. The molecule has 1 amide bonds. The van der Waals surface area contributed by atoms with Gasteiger partial charge in [-0.25, -0.2) is 4.79 Å². The second-order valence-corrected chi connectivity index (χ2v) is 3.65. The third kappa shape index (κ3) is 4.64. The Bertz CT molecular complexity index is 246. The fraction of sp³-hybridized carbons (Fsp3) is 0.600. The third-order valence-corrected chi connectivity index (χ3v) is 1.50. The van der Waals surface area contributed by atoms with E-state index >= 15 is 0 Å². The summed E-state index contributed by atoms with van der Waals surface area (Å²) >= 11 is 0. The molecule has 0 saturated heterocycles. The number of hydrogen-bond acceptors (Lipinski definition) is 3. The highest BCUT2D eigenvalue weighted by molar-refractivity contribution is 5.88. The second kappa shape index (κ2) is 5.42. The van der Waals surface area contributed by atoms with Crippen molar-refractivity contribution in [3.8, 4) is 0 Å². The molecular weight excluding hydrogens is 182 g/mol. The van der Waals surface area contributed by atoms with Gasteiger partial charge in [0, 0.05) is 19.0 Å². The van der Waals surface area contributed by atoms with Crippen LogP contribution in [0.1, 0.15) is 27.2 Å². The van der Waals surface area contributed by atoms with Crippen molar-refractivity contribution in [3.05, 3.63) is 12.2 Å². The van der Waals surface area contributed by atoms with E-state index in [1.165, 1.54) is 14.0 Å². The van der Waals surface area contributed by atoms with Crippen LogP contribution in [0.25, 0.3) is 0 Å². The van der Waals surface area contributed by atoms with Crippen molar-refractivity contribution in [2.45, 2.75) is 27.2 Å². The van der Waals surface area contributed by atoms with E-state index in [4.69, 9.17) is 4.84 Å². The monoisotopic (exact) mass is 199 g/mol. The molecule has 0 bridgehead atoms. The van der Waals surface area contributed by atoms with Crippen LogP contribution in [0, 0.1) is 5.92 Å². The van der Waals surface area contributed by atoms with Crippen LogP contribution in [0.3, 0.4) is 0 Å². The molecule has 0 aliphatic heterocycles. The summed E-state index contributed by atoms with van der Waals surface area (Å²) in [6, 6.07) is 0. The highest BCUT2D eigenvalue weighted by atomic mass is 16.7. The van der Waals surface area contributed by atoms with Crippen LogP contribution in [0.5, 0.6) is 0 Å². The largest absolute Gasteiger partial charge is 0.358 e. The molecule has 80 valence electrons. The number of hydrogen-bond donors (Lipinski definition) is 0. The van der Waals surface area contributed by atoms with Gasteiger partial charge >= 0.3 is 5.97 Å². The van der Waals surface area contributed by atoms with Crippen molar-refractivity contribution in [3.63, 3.8) is 0 Å².